The van der Waals surface area contributed by atoms with Crippen LogP contribution in [-0.2, 0) is 33.6 Å². The summed E-state index contributed by atoms with van der Waals surface area (Å²) in [7, 11) is 0. The number of rotatable bonds is 10. The van der Waals surface area contributed by atoms with Gasteiger partial charge in [0.15, 0.2) is 16.6 Å². The second kappa shape index (κ2) is 8.20. The number of carboxylic acid groups (broad SMARTS) is 2. The van der Waals surface area contributed by atoms with E-state index in [0.29, 0.717) is 0 Å². The van der Waals surface area contributed by atoms with E-state index in [-0.39, 0.29) is 36.0 Å². The van der Waals surface area contributed by atoms with Gasteiger partial charge in [0, 0.05) is 18.2 Å². The van der Waals surface area contributed by atoms with Crippen molar-refractivity contribution in [3.63, 3.8) is 0 Å². The smallest absolute Gasteiger partial charge is 0.366 e. The van der Waals surface area contributed by atoms with E-state index < -0.39 is 47.5 Å². The minimum Gasteiger partial charge on any atom is -0.479 e. The Labute approximate surface area is 179 Å². The molecular weight excluding hydrogens is 436 g/mol. The number of β-lactam (4-membered cyclic amide) rings is 1. The first kappa shape index (κ1) is 22.6. The number of oxime groups is 1. The van der Waals surface area contributed by atoms with Gasteiger partial charge in [-0.2, -0.15) is 0 Å². The van der Waals surface area contributed by atoms with Gasteiger partial charge in [-0.25, -0.2) is 24.5 Å². The number of thiazole rings is 1. The zero-order valence-electron chi connectivity index (χ0n) is 16.6. The van der Waals surface area contributed by atoms with Gasteiger partial charge in [-0.1, -0.05) is 5.16 Å². The lowest BCUT2D eigenvalue weighted by Gasteiger charge is -2.55. The van der Waals surface area contributed by atoms with E-state index in [1.807, 2.05) is 0 Å². The van der Waals surface area contributed by atoms with E-state index in [1.165, 1.54) is 5.38 Å². The number of ketones is 1. The normalized spacial score (nSPS) is 24.8. The molecule has 0 radical (unpaired) electrons. The predicted octanol–water partition coefficient (Wildman–Crippen LogP) is -0.140. The van der Waals surface area contributed by atoms with Gasteiger partial charge >= 0.3 is 11.9 Å². The van der Waals surface area contributed by atoms with Crippen LogP contribution in [0.1, 0.15) is 32.4 Å². The summed E-state index contributed by atoms with van der Waals surface area (Å²) in [5.41, 5.74) is 4.37. The summed E-state index contributed by atoms with van der Waals surface area (Å²) >= 11 is 1.04. The quantitative estimate of drug-likeness (QED) is 0.241. The van der Waals surface area contributed by atoms with Gasteiger partial charge in [-0.05, 0) is 13.8 Å². The van der Waals surface area contributed by atoms with Gasteiger partial charge in [0.05, 0.1) is 18.1 Å². The number of amides is 1. The zero-order valence-corrected chi connectivity index (χ0v) is 17.4. The molecule has 13 nitrogen and oxygen atoms in total. The van der Waals surface area contributed by atoms with Gasteiger partial charge in [-0.3, -0.25) is 9.59 Å². The van der Waals surface area contributed by atoms with Crippen molar-refractivity contribution in [3.05, 3.63) is 11.1 Å². The first-order valence-corrected chi connectivity index (χ1v) is 9.93. The van der Waals surface area contributed by atoms with E-state index in [0.717, 1.165) is 16.4 Å². The van der Waals surface area contributed by atoms with Crippen molar-refractivity contribution in [1.82, 2.24) is 10.0 Å². The Kier molecular flexibility index (Phi) is 5.98. The summed E-state index contributed by atoms with van der Waals surface area (Å²) < 4.78 is 5.02. The molecule has 0 aromatic carbocycles. The van der Waals surface area contributed by atoms with Crippen LogP contribution in [0.3, 0.4) is 0 Å². The van der Waals surface area contributed by atoms with Crippen LogP contribution in [0.2, 0.25) is 0 Å². The Morgan fingerprint density at radius 1 is 1.42 bits per heavy atom. The van der Waals surface area contributed by atoms with Gasteiger partial charge in [0.1, 0.15) is 5.69 Å². The molecule has 31 heavy (non-hydrogen) atoms. The number of Topliss-reactive ketones (excluding diaryl/α,β-unsaturated/α-hetero) is 1. The van der Waals surface area contributed by atoms with Crippen molar-refractivity contribution in [2.45, 2.75) is 38.0 Å². The summed E-state index contributed by atoms with van der Waals surface area (Å²) in [5.74, 6) is -6.65. The summed E-state index contributed by atoms with van der Waals surface area (Å²) in [6, 6.07) is 0. The third-order valence-electron chi connectivity index (χ3n) is 4.97. The summed E-state index contributed by atoms with van der Waals surface area (Å²) in [6.07, 6.45) is -0.242. The Morgan fingerprint density at radius 2 is 2.10 bits per heavy atom. The molecule has 2 aliphatic rings. The first-order chi connectivity index (χ1) is 14.5. The Bertz CT molecular complexity index is 953. The number of nitrogens with two attached hydrogens (primary N) is 1. The van der Waals surface area contributed by atoms with E-state index >= 15 is 0 Å². The average Bonchev–Trinajstić information content (AvgIpc) is 3.07. The van der Waals surface area contributed by atoms with E-state index in [1.54, 1.807) is 13.8 Å². The number of hydrogen-bond donors (Lipinski definition) is 3. The Morgan fingerprint density at radius 3 is 2.55 bits per heavy atom. The van der Waals surface area contributed by atoms with E-state index in [9.17, 15) is 24.3 Å². The molecule has 14 heteroatoms. The molecule has 2 aliphatic heterocycles. The molecule has 3 heterocycles. The van der Waals surface area contributed by atoms with Crippen LogP contribution in [0.15, 0.2) is 10.5 Å². The molecule has 4 N–H and O–H groups in total. The van der Waals surface area contributed by atoms with Gasteiger partial charge in [0.2, 0.25) is 6.61 Å². The number of carbonyl (C=O) groups is 4. The molecule has 0 spiro atoms. The van der Waals surface area contributed by atoms with Crippen molar-refractivity contribution in [2.24, 2.45) is 11.1 Å². The van der Waals surface area contributed by atoms with E-state index in [4.69, 9.17) is 20.4 Å². The van der Waals surface area contributed by atoms with Crippen LogP contribution in [0.4, 0.5) is 5.13 Å². The van der Waals surface area contributed by atoms with Crippen LogP contribution in [0, 0.1) is 5.92 Å². The molecule has 0 bridgehead atoms. The third kappa shape index (κ3) is 4.22. The lowest BCUT2D eigenvalue weighted by atomic mass is 9.74. The number of nitrogens with zero attached hydrogens (tertiary/aromatic N) is 3. The molecule has 2 atom stereocenters. The van der Waals surface area contributed by atoms with Crippen LogP contribution < -0.4 is 5.73 Å². The summed E-state index contributed by atoms with van der Waals surface area (Å²) in [6.45, 7) is 2.63. The summed E-state index contributed by atoms with van der Waals surface area (Å²) in [5, 5.41) is 24.1. The maximum absolute atomic E-state index is 12.9. The van der Waals surface area contributed by atoms with Crippen molar-refractivity contribution in [3.8, 4) is 0 Å². The lowest BCUT2D eigenvalue weighted by molar-refractivity contribution is -0.400. The summed E-state index contributed by atoms with van der Waals surface area (Å²) in [4.78, 5) is 61.6. The van der Waals surface area contributed by atoms with Crippen molar-refractivity contribution >= 4 is 45.8 Å². The minimum atomic E-state index is -1.92. The van der Waals surface area contributed by atoms with E-state index in [2.05, 4.69) is 15.0 Å². The average molecular weight is 456 g/mol. The number of ether oxygens (including phenoxy) is 1. The number of anilines is 1. The predicted molar refractivity (Wildman–Crippen MR) is 103 cm³/mol. The van der Waals surface area contributed by atoms with Crippen LogP contribution in [-0.4, -0.2) is 74.1 Å². The molecule has 1 aromatic heterocycles. The molecule has 2 saturated heterocycles. The van der Waals surface area contributed by atoms with Gasteiger partial charge < -0.3 is 25.5 Å². The highest BCUT2D eigenvalue weighted by atomic mass is 32.1. The zero-order chi connectivity index (χ0) is 23.0. The Balaban J connectivity index is 1.74. The maximum atomic E-state index is 12.9. The fourth-order valence-electron chi connectivity index (χ4n) is 3.09. The molecule has 1 aromatic rings. The number of hydrogen-bond acceptors (Lipinski definition) is 11. The van der Waals surface area contributed by atoms with Gasteiger partial charge in [0.25, 0.3) is 11.7 Å². The van der Waals surface area contributed by atoms with Crippen LogP contribution in [0.25, 0.3) is 0 Å². The molecule has 1 amide bonds. The monoisotopic (exact) mass is 456 g/mol. The number of nitrogen functional groups attached to an aromatic ring is 1. The molecule has 3 rings (SSSR count). The van der Waals surface area contributed by atoms with Crippen molar-refractivity contribution < 1.29 is 43.8 Å². The standard InChI is InChI=1S/C17H20N4O9S/c1-16(2)8(13(25)21(16)30-17(14(26)27)3-4-28-17)5-10(22)12(20-29-6-11(23)24)9-7-31-15(18)19-9/h7-8H,3-6H2,1-2H3,(H2,18,19)(H,23,24)(H,26,27)/b20-12-/t8-,17?/m1/s1. The fraction of sp³-hybridized carbons (Fsp3) is 0.529. The highest BCUT2D eigenvalue weighted by molar-refractivity contribution is 7.13. The first-order valence-electron chi connectivity index (χ1n) is 9.05. The lowest BCUT2D eigenvalue weighted by Crippen LogP contribution is -2.72. The highest BCUT2D eigenvalue weighted by Crippen LogP contribution is 2.43. The van der Waals surface area contributed by atoms with Crippen molar-refractivity contribution in [1.29, 1.82) is 0 Å². The number of hydroxylamine groups is 2. The third-order valence-corrected chi connectivity index (χ3v) is 5.64. The number of aromatic nitrogens is 1. The fourth-order valence-corrected chi connectivity index (χ4v) is 3.64. The molecule has 2 fully saturated rings. The second-order valence-corrected chi connectivity index (χ2v) is 8.28. The van der Waals surface area contributed by atoms with Crippen LogP contribution >= 0.6 is 11.3 Å². The number of carbonyl (C=O) groups excluding carboxylic acids is 2. The maximum Gasteiger partial charge on any atom is 0.366 e. The molecule has 1 unspecified atom stereocenters. The molecule has 168 valence electrons. The Hall–Kier alpha value is -3.10. The molecule has 0 saturated carbocycles. The highest BCUT2D eigenvalue weighted by Gasteiger charge is 2.61. The minimum absolute atomic E-state index is 0.0781. The second-order valence-electron chi connectivity index (χ2n) is 7.39. The SMILES string of the molecule is CC1(C)[C@H](CC(=O)/C(=N\OCC(=O)O)c2csc(N)n2)C(=O)N1OC1(C(=O)O)CCO1. The molecule has 0 aliphatic carbocycles. The number of carboxylic acids is 2. The number of aliphatic carboxylic acids is 2. The van der Waals surface area contributed by atoms with Crippen LogP contribution in [0.5, 0.6) is 0 Å². The van der Waals surface area contributed by atoms with Crippen molar-refractivity contribution in [2.75, 3.05) is 18.9 Å². The topological polar surface area (TPSA) is 191 Å². The van der Waals surface area contributed by atoms with Gasteiger partial charge in [-0.15, -0.1) is 11.3 Å². The largest absolute Gasteiger partial charge is 0.479 e. The molecular formula is C17H20N4O9S.